The van der Waals surface area contributed by atoms with Crippen molar-refractivity contribution in [3.63, 3.8) is 0 Å². The molecule has 1 saturated heterocycles. The van der Waals surface area contributed by atoms with Gasteiger partial charge in [0.15, 0.2) is 0 Å². The van der Waals surface area contributed by atoms with Crippen LogP contribution in [0.3, 0.4) is 0 Å². The summed E-state index contributed by atoms with van der Waals surface area (Å²) in [6, 6.07) is 8.00. The van der Waals surface area contributed by atoms with Gasteiger partial charge in [0.25, 0.3) is 0 Å². The molecule has 16 heavy (non-hydrogen) atoms. The Hall–Kier alpha value is -0.0300. The van der Waals surface area contributed by atoms with Crippen LogP contribution in [-0.4, -0.2) is 35.4 Å². The predicted octanol–water partition coefficient (Wildman–Crippen LogP) is 2.48. The highest BCUT2D eigenvalue weighted by atomic mass is 79.9. The summed E-state index contributed by atoms with van der Waals surface area (Å²) in [5.74, 6) is 1.93. The summed E-state index contributed by atoms with van der Waals surface area (Å²) in [6.45, 7) is 0.752. The molecule has 1 N–H and O–H groups in total. The van der Waals surface area contributed by atoms with Crippen molar-refractivity contribution in [3.05, 3.63) is 34.3 Å². The van der Waals surface area contributed by atoms with Crippen LogP contribution >= 0.6 is 27.7 Å². The molecular formula is C12H15BrO2S. The van der Waals surface area contributed by atoms with Gasteiger partial charge in [0.2, 0.25) is 0 Å². The zero-order valence-corrected chi connectivity index (χ0v) is 11.3. The van der Waals surface area contributed by atoms with Crippen molar-refractivity contribution in [2.24, 2.45) is 0 Å². The summed E-state index contributed by atoms with van der Waals surface area (Å²) in [5.41, 5.74) is 1.13. The van der Waals surface area contributed by atoms with E-state index in [9.17, 15) is 5.11 Å². The van der Waals surface area contributed by atoms with E-state index in [1.807, 2.05) is 36.0 Å². The quantitative estimate of drug-likeness (QED) is 0.930. The first-order valence-electron chi connectivity index (χ1n) is 5.38. The van der Waals surface area contributed by atoms with E-state index in [-0.39, 0.29) is 6.10 Å². The van der Waals surface area contributed by atoms with E-state index in [2.05, 4.69) is 15.9 Å². The zero-order chi connectivity index (χ0) is 11.4. The molecule has 0 spiro atoms. The molecule has 1 aliphatic rings. The van der Waals surface area contributed by atoms with Gasteiger partial charge in [-0.25, -0.2) is 0 Å². The monoisotopic (exact) mass is 302 g/mol. The molecule has 2 atom stereocenters. The summed E-state index contributed by atoms with van der Waals surface area (Å²) in [5, 5.41) is 10.1. The standard InChI is InChI=1S/C12H15BrO2S/c13-10-4-2-1-3-9(10)7-11(14)12-8-16-6-5-15-12/h1-4,11-12,14H,5-8H2. The SMILES string of the molecule is OC(Cc1ccccc1Br)C1CSCCO1. The van der Waals surface area contributed by atoms with Gasteiger partial charge in [0.05, 0.1) is 18.8 Å². The van der Waals surface area contributed by atoms with Gasteiger partial charge < -0.3 is 9.84 Å². The number of thioether (sulfide) groups is 1. The number of aliphatic hydroxyl groups is 1. The van der Waals surface area contributed by atoms with Crippen LogP contribution < -0.4 is 0 Å². The molecule has 0 aliphatic carbocycles. The highest BCUT2D eigenvalue weighted by molar-refractivity contribution is 9.10. The third-order valence-electron chi connectivity index (χ3n) is 2.66. The summed E-state index contributed by atoms with van der Waals surface area (Å²) in [4.78, 5) is 0. The van der Waals surface area contributed by atoms with E-state index in [1.54, 1.807) is 0 Å². The molecule has 1 fully saturated rings. The molecule has 2 rings (SSSR count). The second kappa shape index (κ2) is 6.05. The largest absolute Gasteiger partial charge is 0.390 e. The molecule has 0 saturated carbocycles. The van der Waals surface area contributed by atoms with Crippen molar-refractivity contribution in [1.29, 1.82) is 0 Å². The summed E-state index contributed by atoms with van der Waals surface area (Å²) < 4.78 is 6.62. The van der Waals surface area contributed by atoms with Gasteiger partial charge in [-0.05, 0) is 11.6 Å². The molecule has 0 amide bonds. The molecule has 2 unspecified atom stereocenters. The Bertz CT molecular complexity index is 340. The lowest BCUT2D eigenvalue weighted by atomic mass is 10.0. The first kappa shape index (κ1) is 12.4. The third kappa shape index (κ3) is 3.23. The number of benzene rings is 1. The Morgan fingerprint density at radius 1 is 1.50 bits per heavy atom. The number of halogens is 1. The van der Waals surface area contributed by atoms with Crippen molar-refractivity contribution in [2.75, 3.05) is 18.1 Å². The first-order chi connectivity index (χ1) is 7.77. The van der Waals surface area contributed by atoms with Gasteiger partial charge in [-0.15, -0.1) is 0 Å². The maximum absolute atomic E-state index is 10.1. The fraction of sp³-hybridized carbons (Fsp3) is 0.500. The van der Waals surface area contributed by atoms with Crippen molar-refractivity contribution < 1.29 is 9.84 Å². The second-order valence-electron chi connectivity index (χ2n) is 3.85. The number of hydrogen-bond donors (Lipinski definition) is 1. The van der Waals surface area contributed by atoms with E-state index in [4.69, 9.17) is 4.74 Å². The minimum Gasteiger partial charge on any atom is -0.390 e. The minimum absolute atomic E-state index is 0.0224. The fourth-order valence-corrected chi connectivity index (χ4v) is 3.13. The lowest BCUT2D eigenvalue weighted by Gasteiger charge is -2.27. The Morgan fingerprint density at radius 3 is 3.00 bits per heavy atom. The summed E-state index contributed by atoms with van der Waals surface area (Å²) in [6.07, 6.45) is 0.212. The predicted molar refractivity (Wildman–Crippen MR) is 70.9 cm³/mol. The number of hydrogen-bond acceptors (Lipinski definition) is 3. The lowest BCUT2D eigenvalue weighted by molar-refractivity contribution is -0.0208. The first-order valence-corrected chi connectivity index (χ1v) is 7.33. The van der Waals surface area contributed by atoms with Gasteiger partial charge in [-0.2, -0.15) is 11.8 Å². The number of ether oxygens (including phenoxy) is 1. The molecule has 2 nitrogen and oxygen atoms in total. The van der Waals surface area contributed by atoms with Crippen LogP contribution in [0.25, 0.3) is 0 Å². The van der Waals surface area contributed by atoms with E-state index >= 15 is 0 Å². The average molecular weight is 303 g/mol. The number of aliphatic hydroxyl groups excluding tert-OH is 1. The van der Waals surface area contributed by atoms with Crippen LogP contribution in [0.15, 0.2) is 28.7 Å². The highest BCUT2D eigenvalue weighted by Gasteiger charge is 2.23. The van der Waals surface area contributed by atoms with Crippen LogP contribution in [0.4, 0.5) is 0 Å². The van der Waals surface area contributed by atoms with Crippen LogP contribution in [0.5, 0.6) is 0 Å². The molecule has 1 aromatic carbocycles. The van der Waals surface area contributed by atoms with Gasteiger partial charge >= 0.3 is 0 Å². The molecule has 1 heterocycles. The van der Waals surface area contributed by atoms with Gasteiger partial charge in [0.1, 0.15) is 0 Å². The van der Waals surface area contributed by atoms with E-state index in [1.165, 1.54) is 0 Å². The van der Waals surface area contributed by atoms with Crippen LogP contribution in [0.2, 0.25) is 0 Å². The van der Waals surface area contributed by atoms with Crippen molar-refractivity contribution >= 4 is 27.7 Å². The molecule has 0 bridgehead atoms. The molecule has 0 aromatic heterocycles. The zero-order valence-electron chi connectivity index (χ0n) is 8.93. The lowest BCUT2D eigenvalue weighted by Crippen LogP contribution is -2.36. The maximum atomic E-state index is 10.1. The number of rotatable bonds is 3. The Morgan fingerprint density at radius 2 is 2.31 bits per heavy atom. The smallest absolute Gasteiger partial charge is 0.0927 e. The van der Waals surface area contributed by atoms with E-state index in [0.717, 1.165) is 28.1 Å². The van der Waals surface area contributed by atoms with Gasteiger partial charge in [-0.3, -0.25) is 0 Å². The summed E-state index contributed by atoms with van der Waals surface area (Å²) in [7, 11) is 0. The third-order valence-corrected chi connectivity index (χ3v) is 4.45. The van der Waals surface area contributed by atoms with Crippen molar-refractivity contribution in [2.45, 2.75) is 18.6 Å². The normalized spacial score (nSPS) is 23.0. The maximum Gasteiger partial charge on any atom is 0.0927 e. The topological polar surface area (TPSA) is 29.5 Å². The Kier molecular flexibility index (Phi) is 4.70. The van der Waals surface area contributed by atoms with Crippen molar-refractivity contribution in [3.8, 4) is 0 Å². The minimum atomic E-state index is -0.411. The van der Waals surface area contributed by atoms with Crippen LogP contribution in [-0.2, 0) is 11.2 Å². The molecule has 88 valence electrons. The molecular weight excluding hydrogens is 288 g/mol. The molecule has 1 aliphatic heterocycles. The van der Waals surface area contributed by atoms with Crippen LogP contribution in [0, 0.1) is 0 Å². The Balaban J connectivity index is 1.96. The van der Waals surface area contributed by atoms with Gasteiger partial charge in [0, 0.05) is 22.4 Å². The second-order valence-corrected chi connectivity index (χ2v) is 5.85. The van der Waals surface area contributed by atoms with Crippen molar-refractivity contribution in [1.82, 2.24) is 0 Å². The van der Waals surface area contributed by atoms with Gasteiger partial charge in [-0.1, -0.05) is 34.1 Å². The van der Waals surface area contributed by atoms with E-state index < -0.39 is 6.10 Å². The molecule has 4 heteroatoms. The van der Waals surface area contributed by atoms with Crippen LogP contribution in [0.1, 0.15) is 5.56 Å². The average Bonchev–Trinajstić information content (AvgIpc) is 2.33. The molecule has 1 aromatic rings. The Labute approximate surface area is 109 Å². The summed E-state index contributed by atoms with van der Waals surface area (Å²) >= 11 is 5.34. The highest BCUT2D eigenvalue weighted by Crippen LogP contribution is 2.21. The molecule has 0 radical (unpaired) electrons. The van der Waals surface area contributed by atoms with E-state index in [0.29, 0.717) is 6.42 Å². The fourth-order valence-electron chi connectivity index (χ4n) is 1.75.